The van der Waals surface area contributed by atoms with Crippen molar-refractivity contribution >= 4 is 49.3 Å². The third kappa shape index (κ3) is 4.15. The molecular formula is C22H20FN3O2S2. The molecule has 0 N–H and O–H groups in total. The molecule has 8 heteroatoms. The van der Waals surface area contributed by atoms with E-state index in [-0.39, 0.29) is 22.9 Å². The summed E-state index contributed by atoms with van der Waals surface area (Å²) in [7, 11) is 0. The average Bonchev–Trinajstić information content (AvgIpc) is 3.11. The van der Waals surface area contributed by atoms with Gasteiger partial charge in [0.1, 0.15) is 15.3 Å². The second-order valence-electron chi connectivity index (χ2n) is 7.39. The van der Waals surface area contributed by atoms with Gasteiger partial charge < -0.3 is 0 Å². The highest BCUT2D eigenvalue weighted by Gasteiger charge is 2.18. The first-order valence-corrected chi connectivity index (χ1v) is 11.4. The molecule has 0 radical (unpaired) electrons. The van der Waals surface area contributed by atoms with Crippen LogP contribution >= 0.6 is 23.1 Å². The zero-order chi connectivity index (χ0) is 21.3. The van der Waals surface area contributed by atoms with E-state index >= 15 is 0 Å². The summed E-state index contributed by atoms with van der Waals surface area (Å²) in [4.78, 5) is 35.7. The fraction of sp³-hybridized carbons (Fsp3) is 0.273. The van der Waals surface area contributed by atoms with Crippen molar-refractivity contribution in [3.05, 3.63) is 64.3 Å². The van der Waals surface area contributed by atoms with Crippen LogP contribution in [0, 0.1) is 11.7 Å². The predicted octanol–water partition coefficient (Wildman–Crippen LogP) is 5.17. The first-order valence-electron chi connectivity index (χ1n) is 9.63. The standard InChI is InChI=1S/C22H20FN3O2S2/c1-13(2)9-11-26-21(28)19-18(16-4-3-10-24-20(16)30-19)25-22(26)29-12-17(27)14-5-7-15(23)8-6-14/h3-8,10,13H,9,11-12H2,1-2H3. The normalized spacial score (nSPS) is 11.6. The van der Waals surface area contributed by atoms with Gasteiger partial charge in [0.05, 0.1) is 11.3 Å². The zero-order valence-electron chi connectivity index (χ0n) is 16.6. The lowest BCUT2D eigenvalue weighted by atomic mass is 10.1. The average molecular weight is 442 g/mol. The number of ketones is 1. The molecule has 0 aliphatic heterocycles. The molecule has 4 rings (SSSR count). The molecule has 1 aromatic carbocycles. The fourth-order valence-corrected chi connectivity index (χ4v) is 5.03. The molecule has 5 nitrogen and oxygen atoms in total. The summed E-state index contributed by atoms with van der Waals surface area (Å²) in [5.74, 6) is 0.0229. The summed E-state index contributed by atoms with van der Waals surface area (Å²) in [6.45, 7) is 4.74. The maximum absolute atomic E-state index is 13.2. The Morgan fingerprint density at radius 2 is 2.00 bits per heavy atom. The van der Waals surface area contributed by atoms with Crippen molar-refractivity contribution < 1.29 is 9.18 Å². The van der Waals surface area contributed by atoms with Crippen molar-refractivity contribution in [1.29, 1.82) is 0 Å². The van der Waals surface area contributed by atoms with E-state index in [4.69, 9.17) is 4.98 Å². The van der Waals surface area contributed by atoms with Gasteiger partial charge in [-0.15, -0.1) is 11.3 Å². The van der Waals surface area contributed by atoms with E-state index in [1.54, 1.807) is 10.8 Å². The van der Waals surface area contributed by atoms with Gasteiger partial charge in [0.2, 0.25) is 0 Å². The van der Waals surface area contributed by atoms with Crippen LogP contribution in [-0.4, -0.2) is 26.1 Å². The highest BCUT2D eigenvalue weighted by atomic mass is 32.2. The van der Waals surface area contributed by atoms with Gasteiger partial charge in [-0.05, 0) is 48.7 Å². The highest BCUT2D eigenvalue weighted by Crippen LogP contribution is 2.30. The molecule has 3 aromatic heterocycles. The topological polar surface area (TPSA) is 64.8 Å². The van der Waals surface area contributed by atoms with Gasteiger partial charge in [-0.25, -0.2) is 14.4 Å². The Hall–Kier alpha value is -2.58. The Morgan fingerprint density at radius 1 is 1.23 bits per heavy atom. The minimum atomic E-state index is -0.383. The monoisotopic (exact) mass is 441 g/mol. The number of rotatable bonds is 7. The molecule has 0 atom stereocenters. The van der Waals surface area contributed by atoms with Crippen LogP contribution in [0.15, 0.2) is 52.5 Å². The lowest BCUT2D eigenvalue weighted by Gasteiger charge is -2.13. The maximum atomic E-state index is 13.2. The van der Waals surface area contributed by atoms with Gasteiger partial charge in [-0.3, -0.25) is 14.2 Å². The lowest BCUT2D eigenvalue weighted by molar-refractivity contribution is 0.102. The molecule has 0 spiro atoms. The first kappa shape index (κ1) is 20.7. The Kier molecular flexibility index (Phi) is 5.97. The number of fused-ring (bicyclic) bond motifs is 3. The molecule has 3 heterocycles. The summed E-state index contributed by atoms with van der Waals surface area (Å²) >= 11 is 2.59. The molecule has 0 bridgehead atoms. The Bertz CT molecular complexity index is 1280. The van der Waals surface area contributed by atoms with Gasteiger partial charge in [-0.1, -0.05) is 25.6 Å². The second-order valence-corrected chi connectivity index (χ2v) is 9.33. The molecule has 0 amide bonds. The number of pyridine rings is 1. The van der Waals surface area contributed by atoms with E-state index in [1.165, 1.54) is 47.4 Å². The van der Waals surface area contributed by atoms with Crippen molar-refractivity contribution in [1.82, 2.24) is 14.5 Å². The number of hydrogen-bond donors (Lipinski definition) is 0. The quantitative estimate of drug-likeness (QED) is 0.225. The summed E-state index contributed by atoms with van der Waals surface area (Å²) in [5, 5.41) is 1.37. The van der Waals surface area contributed by atoms with Crippen LogP contribution in [0.25, 0.3) is 20.4 Å². The van der Waals surface area contributed by atoms with Crippen molar-refractivity contribution in [3.63, 3.8) is 0 Å². The number of hydrogen-bond acceptors (Lipinski definition) is 6. The van der Waals surface area contributed by atoms with Gasteiger partial charge >= 0.3 is 0 Å². The molecule has 0 saturated heterocycles. The number of benzene rings is 1. The van der Waals surface area contributed by atoms with Crippen LogP contribution in [-0.2, 0) is 6.54 Å². The van der Waals surface area contributed by atoms with Crippen molar-refractivity contribution in [2.75, 3.05) is 5.75 Å². The molecule has 4 aromatic rings. The third-order valence-corrected chi connectivity index (χ3v) is 6.81. The number of thioether (sulfide) groups is 1. The van der Waals surface area contributed by atoms with Crippen molar-refractivity contribution in [2.24, 2.45) is 5.92 Å². The zero-order valence-corrected chi connectivity index (χ0v) is 18.2. The molecule has 0 saturated carbocycles. The Balaban J connectivity index is 1.72. The minimum absolute atomic E-state index is 0.0969. The number of halogens is 1. The maximum Gasteiger partial charge on any atom is 0.272 e. The van der Waals surface area contributed by atoms with E-state index in [9.17, 15) is 14.0 Å². The number of aromatic nitrogens is 3. The molecule has 0 aliphatic carbocycles. The van der Waals surface area contributed by atoms with Crippen molar-refractivity contribution in [3.8, 4) is 0 Å². The van der Waals surface area contributed by atoms with Crippen LogP contribution in [0.5, 0.6) is 0 Å². The lowest BCUT2D eigenvalue weighted by Crippen LogP contribution is -2.23. The predicted molar refractivity (Wildman–Crippen MR) is 120 cm³/mol. The molecule has 0 fully saturated rings. The minimum Gasteiger partial charge on any atom is -0.293 e. The van der Waals surface area contributed by atoms with E-state index in [2.05, 4.69) is 18.8 Å². The van der Waals surface area contributed by atoms with Crippen LogP contribution in [0.3, 0.4) is 0 Å². The summed E-state index contributed by atoms with van der Waals surface area (Å²) in [5.41, 5.74) is 0.970. The molecule has 0 unspecified atom stereocenters. The van der Waals surface area contributed by atoms with Crippen LogP contribution < -0.4 is 5.56 Å². The SMILES string of the molecule is CC(C)CCn1c(SCC(=O)c2ccc(F)cc2)nc2c(sc3ncccc32)c1=O. The van der Waals surface area contributed by atoms with E-state index < -0.39 is 0 Å². The van der Waals surface area contributed by atoms with Crippen molar-refractivity contribution in [2.45, 2.75) is 32.0 Å². The fourth-order valence-electron chi connectivity index (χ4n) is 3.08. The summed E-state index contributed by atoms with van der Waals surface area (Å²) in [6.07, 6.45) is 2.53. The summed E-state index contributed by atoms with van der Waals surface area (Å²) in [6, 6.07) is 9.21. The second kappa shape index (κ2) is 8.65. The summed E-state index contributed by atoms with van der Waals surface area (Å²) < 4.78 is 15.4. The largest absolute Gasteiger partial charge is 0.293 e. The Labute approximate surface area is 181 Å². The molecule has 154 valence electrons. The van der Waals surface area contributed by atoms with E-state index in [0.29, 0.717) is 33.4 Å². The number of Topliss-reactive ketones (excluding diaryl/α,β-unsaturated/α-hetero) is 1. The van der Waals surface area contributed by atoms with Crippen LogP contribution in [0.4, 0.5) is 4.39 Å². The van der Waals surface area contributed by atoms with Gasteiger partial charge in [0.25, 0.3) is 5.56 Å². The number of carbonyl (C=O) groups excluding carboxylic acids is 1. The van der Waals surface area contributed by atoms with Crippen LogP contribution in [0.2, 0.25) is 0 Å². The number of nitrogens with zero attached hydrogens (tertiary/aromatic N) is 3. The molecule has 30 heavy (non-hydrogen) atoms. The highest BCUT2D eigenvalue weighted by molar-refractivity contribution is 7.99. The third-order valence-electron chi connectivity index (χ3n) is 4.75. The number of carbonyl (C=O) groups is 1. The van der Waals surface area contributed by atoms with Gasteiger partial charge in [0, 0.05) is 23.7 Å². The van der Waals surface area contributed by atoms with E-state index in [1.807, 2.05) is 12.1 Å². The smallest absolute Gasteiger partial charge is 0.272 e. The molecular weight excluding hydrogens is 421 g/mol. The number of thiophene rings is 1. The first-order chi connectivity index (χ1) is 14.4. The van der Waals surface area contributed by atoms with Crippen LogP contribution in [0.1, 0.15) is 30.6 Å². The van der Waals surface area contributed by atoms with E-state index in [0.717, 1.165) is 16.6 Å². The van der Waals surface area contributed by atoms with Gasteiger partial charge in [0.15, 0.2) is 10.9 Å². The van der Waals surface area contributed by atoms with Gasteiger partial charge in [-0.2, -0.15) is 0 Å². The Morgan fingerprint density at radius 3 is 2.73 bits per heavy atom. The molecule has 0 aliphatic rings.